The molecule has 0 aliphatic carbocycles. The van der Waals surface area contributed by atoms with Gasteiger partial charge in [0.1, 0.15) is 22.8 Å². The Bertz CT molecular complexity index is 1620. The van der Waals surface area contributed by atoms with Crippen molar-refractivity contribution in [3.63, 3.8) is 0 Å². The summed E-state index contributed by atoms with van der Waals surface area (Å²) in [6.45, 7) is 17.0. The van der Waals surface area contributed by atoms with Gasteiger partial charge in [-0.3, -0.25) is 0 Å². The van der Waals surface area contributed by atoms with Crippen molar-refractivity contribution in [1.82, 2.24) is 29.5 Å². The van der Waals surface area contributed by atoms with Crippen molar-refractivity contribution in [2.45, 2.75) is 62.3 Å². The van der Waals surface area contributed by atoms with E-state index in [-0.39, 0.29) is 17.2 Å². The van der Waals surface area contributed by atoms with Crippen LogP contribution in [0.3, 0.4) is 0 Å². The van der Waals surface area contributed by atoms with E-state index in [1.165, 1.54) is 9.36 Å². The molecule has 0 saturated heterocycles. The van der Waals surface area contributed by atoms with Gasteiger partial charge in [0.2, 0.25) is 0 Å². The van der Waals surface area contributed by atoms with Crippen LogP contribution in [0.2, 0.25) is 0 Å². The second-order valence-electron chi connectivity index (χ2n) is 9.60. The molecule has 0 spiro atoms. The van der Waals surface area contributed by atoms with Gasteiger partial charge in [0.15, 0.2) is 11.6 Å². The molecule has 4 heterocycles. The third kappa shape index (κ3) is 5.65. The number of esters is 1. The smallest absolute Gasteiger partial charge is 0.343 e. The maximum atomic E-state index is 12.0. The number of pyridine rings is 2. The van der Waals surface area contributed by atoms with E-state index in [9.17, 15) is 9.59 Å². The molecule has 0 atom stereocenters. The van der Waals surface area contributed by atoms with E-state index in [0.717, 1.165) is 33.6 Å². The van der Waals surface area contributed by atoms with Gasteiger partial charge in [0.05, 0.1) is 18.0 Å². The van der Waals surface area contributed by atoms with Crippen molar-refractivity contribution in [1.29, 1.82) is 0 Å². The first-order valence-corrected chi connectivity index (χ1v) is 12.7. The molecule has 4 aromatic rings. The van der Waals surface area contributed by atoms with E-state index in [0.29, 0.717) is 35.2 Å². The number of hydrogen-bond acceptors (Lipinski definition) is 9. The Kier molecular flexibility index (Phi) is 8.61. The summed E-state index contributed by atoms with van der Waals surface area (Å²) >= 11 is 0. The molecule has 0 bridgehead atoms. The van der Waals surface area contributed by atoms with E-state index < -0.39 is 11.9 Å². The number of nitrogen functional groups attached to an aromatic ring is 2. The largest absolute Gasteiger partial charge is 0.477 e. The number of nitrogens with two attached hydrogens (primary N) is 2. The lowest BCUT2D eigenvalue weighted by atomic mass is 10.1. The topological polar surface area (TPSA) is 177 Å². The van der Waals surface area contributed by atoms with Crippen LogP contribution in [0, 0.1) is 55.4 Å². The molecule has 40 heavy (non-hydrogen) atoms. The Labute approximate surface area is 233 Å². The van der Waals surface area contributed by atoms with E-state index in [4.69, 9.17) is 21.3 Å². The predicted molar refractivity (Wildman–Crippen MR) is 152 cm³/mol. The average Bonchev–Trinajstić information content (AvgIpc) is 3.33. The normalized spacial score (nSPS) is 10.7. The van der Waals surface area contributed by atoms with E-state index >= 15 is 0 Å². The molecule has 0 amide bonds. The number of carbonyl (C=O) groups is 2. The van der Waals surface area contributed by atoms with Gasteiger partial charge in [-0.25, -0.2) is 19.6 Å². The first-order chi connectivity index (χ1) is 18.7. The average molecular weight is 549 g/mol. The van der Waals surface area contributed by atoms with Crippen molar-refractivity contribution >= 4 is 23.6 Å². The zero-order valence-corrected chi connectivity index (χ0v) is 24.4. The molecule has 0 aliphatic rings. The van der Waals surface area contributed by atoms with Crippen molar-refractivity contribution in [3.05, 3.63) is 68.3 Å². The molecule has 0 fully saturated rings. The number of ether oxygens (including phenoxy) is 1. The lowest BCUT2D eigenvalue weighted by Crippen LogP contribution is -2.11. The van der Waals surface area contributed by atoms with E-state index in [1.807, 2.05) is 53.7 Å². The second-order valence-corrected chi connectivity index (χ2v) is 9.60. The van der Waals surface area contributed by atoms with E-state index in [2.05, 4.69) is 20.2 Å². The van der Waals surface area contributed by atoms with Crippen molar-refractivity contribution in [3.8, 4) is 11.6 Å². The lowest BCUT2D eigenvalue weighted by molar-refractivity contribution is 0.0526. The highest BCUT2D eigenvalue weighted by atomic mass is 16.5. The summed E-state index contributed by atoms with van der Waals surface area (Å²) < 4.78 is 7.91. The minimum Gasteiger partial charge on any atom is -0.477 e. The number of nitrogens with zero attached hydrogens (tertiary/aromatic N) is 6. The number of aromatic carboxylic acids is 1. The highest BCUT2D eigenvalue weighted by Crippen LogP contribution is 2.24. The number of aryl methyl sites for hydroxylation is 8. The van der Waals surface area contributed by atoms with Crippen LogP contribution in [0.15, 0.2) is 12.1 Å². The summed E-state index contributed by atoms with van der Waals surface area (Å²) in [6, 6.07) is 4.01. The monoisotopic (exact) mass is 548 g/mol. The number of anilines is 2. The summed E-state index contributed by atoms with van der Waals surface area (Å²) in [5.74, 6) is 0.0158. The summed E-state index contributed by atoms with van der Waals surface area (Å²) in [6.07, 6.45) is 0. The minimum absolute atomic E-state index is 0.0272. The molecule has 5 N–H and O–H groups in total. The zero-order chi connectivity index (χ0) is 30.0. The van der Waals surface area contributed by atoms with Gasteiger partial charge >= 0.3 is 11.9 Å². The first kappa shape index (κ1) is 29.8. The molecule has 0 aliphatic heterocycles. The molecule has 212 valence electrons. The Hall–Kier alpha value is -4.74. The van der Waals surface area contributed by atoms with Crippen molar-refractivity contribution in [2.24, 2.45) is 0 Å². The van der Waals surface area contributed by atoms with Gasteiger partial charge in [0, 0.05) is 11.4 Å². The third-order valence-corrected chi connectivity index (χ3v) is 6.55. The van der Waals surface area contributed by atoms with Gasteiger partial charge < -0.3 is 21.3 Å². The van der Waals surface area contributed by atoms with Crippen LogP contribution >= 0.6 is 0 Å². The van der Waals surface area contributed by atoms with Crippen LogP contribution in [0.4, 0.5) is 11.6 Å². The zero-order valence-electron chi connectivity index (χ0n) is 24.4. The predicted octanol–water partition coefficient (Wildman–Crippen LogP) is 4.04. The Morgan fingerprint density at radius 1 is 0.725 bits per heavy atom. The molecule has 12 nitrogen and oxygen atoms in total. The van der Waals surface area contributed by atoms with Crippen LogP contribution in [-0.4, -0.2) is 53.2 Å². The maximum absolute atomic E-state index is 12.0. The number of hydrogen-bond donors (Lipinski definition) is 3. The SMILES string of the molecule is CCOC(=O)c1c(C)nn(-c2nc(C)c(C)cc2C)c1N.Cc1cc(C)c(-n2nc(C)c(C(=O)O)c2N)nc1C. The Morgan fingerprint density at radius 3 is 1.50 bits per heavy atom. The Morgan fingerprint density at radius 2 is 1.12 bits per heavy atom. The summed E-state index contributed by atoms with van der Waals surface area (Å²) in [7, 11) is 0. The van der Waals surface area contributed by atoms with Crippen molar-refractivity contribution < 1.29 is 19.4 Å². The molecule has 0 saturated carbocycles. The van der Waals surface area contributed by atoms with Gasteiger partial charge in [-0.05, 0) is 84.6 Å². The quantitative estimate of drug-likeness (QED) is 0.308. The van der Waals surface area contributed by atoms with E-state index in [1.54, 1.807) is 20.8 Å². The molecular weight excluding hydrogens is 512 g/mol. The molecule has 0 unspecified atom stereocenters. The maximum Gasteiger partial charge on any atom is 0.343 e. The third-order valence-electron chi connectivity index (χ3n) is 6.55. The van der Waals surface area contributed by atoms with Crippen LogP contribution in [0.1, 0.15) is 72.7 Å². The molecule has 4 aromatic heterocycles. The fourth-order valence-electron chi connectivity index (χ4n) is 4.22. The van der Waals surface area contributed by atoms with Gasteiger partial charge in [-0.2, -0.15) is 19.6 Å². The van der Waals surface area contributed by atoms with Crippen LogP contribution < -0.4 is 11.5 Å². The van der Waals surface area contributed by atoms with Crippen molar-refractivity contribution in [2.75, 3.05) is 18.1 Å². The number of aromatic nitrogens is 6. The lowest BCUT2D eigenvalue weighted by Gasteiger charge is -2.10. The fraction of sp³-hybridized carbons (Fsp3) is 0.357. The number of carboxylic acids is 1. The summed E-state index contributed by atoms with van der Waals surface area (Å²) in [4.78, 5) is 32.1. The number of carbonyl (C=O) groups excluding carboxylic acids is 1. The second kappa shape index (κ2) is 11.6. The summed E-state index contributed by atoms with van der Waals surface area (Å²) in [5, 5.41) is 17.6. The fourth-order valence-corrected chi connectivity index (χ4v) is 4.22. The summed E-state index contributed by atoms with van der Waals surface area (Å²) in [5.41, 5.74) is 19.0. The number of rotatable bonds is 5. The molecular formula is C28H36N8O4. The Balaban J connectivity index is 0.000000222. The first-order valence-electron chi connectivity index (χ1n) is 12.7. The van der Waals surface area contributed by atoms with Gasteiger partial charge in [-0.1, -0.05) is 12.1 Å². The van der Waals surface area contributed by atoms with Crippen LogP contribution in [0.5, 0.6) is 0 Å². The molecule has 4 rings (SSSR count). The van der Waals surface area contributed by atoms with Gasteiger partial charge in [0.25, 0.3) is 0 Å². The highest BCUT2D eigenvalue weighted by Gasteiger charge is 2.23. The molecule has 0 aromatic carbocycles. The van der Waals surface area contributed by atoms with Crippen LogP contribution in [-0.2, 0) is 4.74 Å². The minimum atomic E-state index is -1.08. The van der Waals surface area contributed by atoms with Crippen LogP contribution in [0.25, 0.3) is 11.6 Å². The van der Waals surface area contributed by atoms with Gasteiger partial charge in [-0.15, -0.1) is 0 Å². The molecule has 0 radical (unpaired) electrons. The highest BCUT2D eigenvalue weighted by molar-refractivity contribution is 5.96. The number of carboxylic acid groups (broad SMARTS) is 1. The molecule has 12 heteroatoms. The standard InChI is InChI=1S/C15H20N4O2.C13H16N4O2/c1-6-21-15(20)12-11(5)18-19(13(12)16)14-9(3)7-8(2)10(4)17-14;1-6-5-7(2)12(15-8(6)3)17-11(14)10(13(18)19)9(4)16-17/h7H,6,16H2,1-5H3;5H,14H2,1-4H3,(H,18,19).